The minimum absolute atomic E-state index is 0.0483. The fourth-order valence-electron chi connectivity index (χ4n) is 1.97. The summed E-state index contributed by atoms with van der Waals surface area (Å²) in [6, 6.07) is 0.0483. The summed E-state index contributed by atoms with van der Waals surface area (Å²) in [6.07, 6.45) is 3.71. The molecule has 16 heavy (non-hydrogen) atoms. The van der Waals surface area contributed by atoms with Crippen LogP contribution in [-0.2, 0) is 11.3 Å². The second kappa shape index (κ2) is 5.43. The molecule has 1 saturated heterocycles. The predicted molar refractivity (Wildman–Crippen MR) is 62.1 cm³/mol. The number of nitrogens with zero attached hydrogens (tertiary/aromatic N) is 3. The summed E-state index contributed by atoms with van der Waals surface area (Å²) in [7, 11) is 0. The fraction of sp³-hybridized carbons (Fsp3) is 0.727. The summed E-state index contributed by atoms with van der Waals surface area (Å²) in [5, 5.41) is 0. The van der Waals surface area contributed by atoms with Gasteiger partial charge in [-0.1, -0.05) is 0 Å². The van der Waals surface area contributed by atoms with Crippen LogP contribution in [0.3, 0.4) is 0 Å². The molecule has 2 rings (SSSR count). The zero-order valence-corrected chi connectivity index (χ0v) is 9.80. The number of ether oxygens (including phenoxy) is 1. The maximum Gasteiger partial charge on any atom is 0.0949 e. The van der Waals surface area contributed by atoms with E-state index in [4.69, 9.17) is 10.5 Å². The molecule has 0 radical (unpaired) electrons. The van der Waals surface area contributed by atoms with Crippen LogP contribution in [0.25, 0.3) is 0 Å². The molecule has 1 aromatic rings. The van der Waals surface area contributed by atoms with Crippen LogP contribution in [0.2, 0.25) is 0 Å². The minimum Gasteiger partial charge on any atom is -0.379 e. The summed E-state index contributed by atoms with van der Waals surface area (Å²) in [5.41, 5.74) is 6.98. The van der Waals surface area contributed by atoms with E-state index in [0.717, 1.165) is 45.1 Å². The van der Waals surface area contributed by atoms with Gasteiger partial charge in [-0.05, 0) is 6.92 Å². The molecule has 0 spiro atoms. The van der Waals surface area contributed by atoms with Gasteiger partial charge in [0.25, 0.3) is 0 Å². The molecular formula is C11H20N4O. The van der Waals surface area contributed by atoms with Crippen molar-refractivity contribution in [3.63, 3.8) is 0 Å². The van der Waals surface area contributed by atoms with Crippen molar-refractivity contribution in [3.8, 4) is 0 Å². The van der Waals surface area contributed by atoms with E-state index in [0.29, 0.717) is 0 Å². The Labute approximate surface area is 96.2 Å². The van der Waals surface area contributed by atoms with Gasteiger partial charge in [0.1, 0.15) is 0 Å². The van der Waals surface area contributed by atoms with E-state index in [1.165, 1.54) is 0 Å². The maximum atomic E-state index is 5.87. The highest BCUT2D eigenvalue weighted by Gasteiger charge is 2.11. The standard InChI is InChI=1S/C11H20N4O/c1-10(12)11-8-13-9-15(11)3-2-14-4-6-16-7-5-14/h8-10H,2-7,12H2,1H3/t10-/m0/s1. The molecule has 0 unspecified atom stereocenters. The van der Waals surface area contributed by atoms with Crippen LogP contribution < -0.4 is 5.73 Å². The first kappa shape index (κ1) is 11.6. The molecule has 0 amide bonds. The third-order valence-corrected chi connectivity index (χ3v) is 2.97. The Morgan fingerprint density at radius 3 is 2.88 bits per heavy atom. The Hall–Kier alpha value is -0.910. The van der Waals surface area contributed by atoms with Crippen LogP contribution in [0.5, 0.6) is 0 Å². The number of imidazole rings is 1. The molecule has 0 saturated carbocycles. The summed E-state index contributed by atoms with van der Waals surface area (Å²) in [4.78, 5) is 6.56. The highest BCUT2D eigenvalue weighted by molar-refractivity contribution is 5.03. The molecule has 0 bridgehead atoms. The zero-order chi connectivity index (χ0) is 11.4. The van der Waals surface area contributed by atoms with Gasteiger partial charge in [0.15, 0.2) is 0 Å². The summed E-state index contributed by atoms with van der Waals surface area (Å²) < 4.78 is 7.46. The Balaban J connectivity index is 1.86. The second-order valence-corrected chi connectivity index (χ2v) is 4.25. The average Bonchev–Trinajstić information content (AvgIpc) is 2.76. The van der Waals surface area contributed by atoms with Crippen molar-refractivity contribution in [1.82, 2.24) is 14.5 Å². The van der Waals surface area contributed by atoms with Gasteiger partial charge in [-0.15, -0.1) is 0 Å². The largest absolute Gasteiger partial charge is 0.379 e. The normalized spacial score (nSPS) is 19.9. The lowest BCUT2D eigenvalue weighted by molar-refractivity contribution is 0.0363. The molecule has 1 atom stereocenters. The fourth-order valence-corrected chi connectivity index (χ4v) is 1.97. The Morgan fingerprint density at radius 2 is 2.19 bits per heavy atom. The number of rotatable bonds is 4. The van der Waals surface area contributed by atoms with Crippen molar-refractivity contribution in [2.24, 2.45) is 5.73 Å². The highest BCUT2D eigenvalue weighted by atomic mass is 16.5. The monoisotopic (exact) mass is 224 g/mol. The van der Waals surface area contributed by atoms with Gasteiger partial charge in [0.05, 0.1) is 25.2 Å². The van der Waals surface area contributed by atoms with Crippen LogP contribution in [0.4, 0.5) is 0 Å². The van der Waals surface area contributed by atoms with Crippen molar-refractivity contribution in [2.75, 3.05) is 32.8 Å². The van der Waals surface area contributed by atoms with Gasteiger partial charge in [0.2, 0.25) is 0 Å². The molecule has 1 aromatic heterocycles. The van der Waals surface area contributed by atoms with Crippen molar-refractivity contribution in [3.05, 3.63) is 18.2 Å². The smallest absolute Gasteiger partial charge is 0.0949 e. The lowest BCUT2D eigenvalue weighted by Gasteiger charge is -2.27. The van der Waals surface area contributed by atoms with E-state index in [9.17, 15) is 0 Å². The van der Waals surface area contributed by atoms with E-state index < -0.39 is 0 Å². The molecule has 1 aliphatic rings. The molecule has 2 N–H and O–H groups in total. The summed E-state index contributed by atoms with van der Waals surface area (Å²) >= 11 is 0. The molecule has 1 aliphatic heterocycles. The first-order valence-electron chi connectivity index (χ1n) is 5.83. The minimum atomic E-state index is 0.0483. The number of hydrogen-bond acceptors (Lipinski definition) is 4. The van der Waals surface area contributed by atoms with E-state index in [1.807, 2.05) is 19.4 Å². The number of hydrogen-bond donors (Lipinski definition) is 1. The molecule has 0 aromatic carbocycles. The molecule has 0 aliphatic carbocycles. The summed E-state index contributed by atoms with van der Waals surface area (Å²) in [6.45, 7) is 7.75. The third kappa shape index (κ3) is 2.81. The number of aromatic nitrogens is 2. The molecule has 90 valence electrons. The van der Waals surface area contributed by atoms with Crippen molar-refractivity contribution >= 4 is 0 Å². The van der Waals surface area contributed by atoms with Gasteiger partial charge in [-0.25, -0.2) is 4.98 Å². The van der Waals surface area contributed by atoms with Crippen LogP contribution >= 0.6 is 0 Å². The van der Waals surface area contributed by atoms with Gasteiger partial charge >= 0.3 is 0 Å². The van der Waals surface area contributed by atoms with Gasteiger partial charge in [-0.2, -0.15) is 0 Å². The van der Waals surface area contributed by atoms with Crippen LogP contribution in [0.1, 0.15) is 18.7 Å². The van der Waals surface area contributed by atoms with Crippen LogP contribution in [0.15, 0.2) is 12.5 Å². The zero-order valence-electron chi connectivity index (χ0n) is 9.80. The van der Waals surface area contributed by atoms with Crippen molar-refractivity contribution < 1.29 is 4.74 Å². The number of morpholine rings is 1. The Bertz CT molecular complexity index is 318. The Morgan fingerprint density at radius 1 is 1.44 bits per heavy atom. The molecule has 5 nitrogen and oxygen atoms in total. The first-order valence-corrected chi connectivity index (χ1v) is 5.83. The van der Waals surface area contributed by atoms with Crippen molar-refractivity contribution in [1.29, 1.82) is 0 Å². The third-order valence-electron chi connectivity index (χ3n) is 2.97. The highest BCUT2D eigenvalue weighted by Crippen LogP contribution is 2.08. The average molecular weight is 224 g/mol. The number of nitrogens with two attached hydrogens (primary N) is 1. The van der Waals surface area contributed by atoms with Crippen LogP contribution in [0, 0.1) is 0 Å². The van der Waals surface area contributed by atoms with Crippen molar-refractivity contribution in [2.45, 2.75) is 19.5 Å². The van der Waals surface area contributed by atoms with Crippen LogP contribution in [-0.4, -0.2) is 47.3 Å². The lowest BCUT2D eigenvalue weighted by atomic mass is 10.2. The van der Waals surface area contributed by atoms with E-state index in [1.54, 1.807) is 0 Å². The van der Waals surface area contributed by atoms with Gasteiger partial charge < -0.3 is 15.0 Å². The predicted octanol–water partition coefficient (Wildman–Crippen LogP) is 0.235. The first-order chi connectivity index (χ1) is 7.77. The van der Waals surface area contributed by atoms with Gasteiger partial charge in [-0.3, -0.25) is 4.90 Å². The maximum absolute atomic E-state index is 5.87. The molecule has 2 heterocycles. The topological polar surface area (TPSA) is 56.3 Å². The molecular weight excluding hydrogens is 204 g/mol. The quantitative estimate of drug-likeness (QED) is 0.795. The molecule has 5 heteroatoms. The van der Waals surface area contributed by atoms with E-state index in [-0.39, 0.29) is 6.04 Å². The Kier molecular flexibility index (Phi) is 3.93. The van der Waals surface area contributed by atoms with Gasteiger partial charge in [0, 0.05) is 38.4 Å². The SMILES string of the molecule is C[C@H](N)c1cncn1CCN1CCOCC1. The van der Waals surface area contributed by atoms with E-state index in [2.05, 4.69) is 14.5 Å². The molecule has 1 fully saturated rings. The lowest BCUT2D eigenvalue weighted by Crippen LogP contribution is -2.38. The second-order valence-electron chi connectivity index (χ2n) is 4.25. The van der Waals surface area contributed by atoms with E-state index >= 15 is 0 Å². The summed E-state index contributed by atoms with van der Waals surface area (Å²) in [5.74, 6) is 0.